The van der Waals surface area contributed by atoms with E-state index in [9.17, 15) is 0 Å². The molecule has 112 valence electrons. The van der Waals surface area contributed by atoms with Crippen LogP contribution in [-0.2, 0) is 18.4 Å². The average Bonchev–Trinajstić information content (AvgIpc) is 2.94. The summed E-state index contributed by atoms with van der Waals surface area (Å²) in [7, 11) is 0. The highest BCUT2D eigenvalue weighted by Gasteiger charge is 2.20. The number of aromatic nitrogens is 1. The van der Waals surface area contributed by atoms with Crippen LogP contribution in [0.5, 0.6) is 0 Å². The molecular formula is C18H24N2S. The van der Waals surface area contributed by atoms with Crippen LogP contribution in [0.25, 0.3) is 0 Å². The summed E-state index contributed by atoms with van der Waals surface area (Å²) in [6.45, 7) is 7.53. The normalized spacial score (nSPS) is 18.5. The van der Waals surface area contributed by atoms with Crippen molar-refractivity contribution in [2.45, 2.75) is 58.0 Å². The summed E-state index contributed by atoms with van der Waals surface area (Å²) in [6.07, 6.45) is 3.73. The number of rotatable bonds is 3. The third-order valence-corrected chi connectivity index (χ3v) is 5.04. The van der Waals surface area contributed by atoms with Gasteiger partial charge in [-0.05, 0) is 30.4 Å². The first kappa shape index (κ1) is 14.7. The number of hydrogen-bond donors (Lipinski definition) is 1. The molecular weight excluding hydrogens is 276 g/mol. The van der Waals surface area contributed by atoms with Crippen LogP contribution in [0.15, 0.2) is 29.6 Å². The van der Waals surface area contributed by atoms with Crippen molar-refractivity contribution in [2.75, 3.05) is 0 Å². The maximum absolute atomic E-state index is 4.78. The fourth-order valence-corrected chi connectivity index (χ4v) is 3.88. The van der Waals surface area contributed by atoms with Crippen LogP contribution < -0.4 is 5.32 Å². The Morgan fingerprint density at radius 2 is 2.10 bits per heavy atom. The molecule has 0 spiro atoms. The van der Waals surface area contributed by atoms with Crippen LogP contribution in [0, 0.1) is 0 Å². The molecule has 0 saturated carbocycles. The van der Waals surface area contributed by atoms with Crippen molar-refractivity contribution in [3.8, 4) is 0 Å². The lowest BCUT2D eigenvalue weighted by molar-refractivity contribution is 0.457. The molecule has 1 aromatic carbocycles. The van der Waals surface area contributed by atoms with Gasteiger partial charge < -0.3 is 5.32 Å². The Labute approximate surface area is 131 Å². The van der Waals surface area contributed by atoms with Crippen LogP contribution in [0.2, 0.25) is 0 Å². The Bertz CT molecular complexity index is 610. The monoisotopic (exact) mass is 300 g/mol. The Morgan fingerprint density at radius 1 is 1.29 bits per heavy atom. The number of nitrogens with zero attached hydrogens (tertiary/aromatic N) is 1. The molecule has 0 radical (unpaired) electrons. The topological polar surface area (TPSA) is 24.9 Å². The second-order valence-corrected chi connectivity index (χ2v) is 7.84. The maximum Gasteiger partial charge on any atom is 0.107 e. The minimum Gasteiger partial charge on any atom is -0.304 e. The zero-order chi connectivity index (χ0) is 14.9. The molecule has 1 N–H and O–H groups in total. The molecule has 1 unspecified atom stereocenters. The molecule has 3 rings (SSSR count). The van der Waals surface area contributed by atoms with Gasteiger partial charge in [-0.2, -0.15) is 0 Å². The first-order valence-corrected chi connectivity index (χ1v) is 8.68. The number of fused-ring (bicyclic) bond motifs is 1. The van der Waals surface area contributed by atoms with Gasteiger partial charge in [0.1, 0.15) is 5.01 Å². The quantitative estimate of drug-likeness (QED) is 0.895. The second kappa shape index (κ2) is 5.90. The summed E-state index contributed by atoms with van der Waals surface area (Å²) in [4.78, 5) is 4.78. The number of nitrogens with one attached hydrogen (secondary N) is 1. The predicted molar refractivity (Wildman–Crippen MR) is 89.8 cm³/mol. The highest BCUT2D eigenvalue weighted by atomic mass is 32.1. The Hall–Kier alpha value is -1.19. The molecule has 1 aromatic heterocycles. The number of thiazole rings is 1. The summed E-state index contributed by atoms with van der Waals surface area (Å²) >= 11 is 1.77. The van der Waals surface area contributed by atoms with Crippen molar-refractivity contribution in [1.29, 1.82) is 0 Å². The number of aryl methyl sites for hydroxylation is 1. The molecule has 0 saturated heterocycles. The summed E-state index contributed by atoms with van der Waals surface area (Å²) in [5.74, 6) is 0. The molecule has 1 atom stereocenters. The van der Waals surface area contributed by atoms with E-state index in [0.29, 0.717) is 6.04 Å². The van der Waals surface area contributed by atoms with Gasteiger partial charge in [0, 0.05) is 23.4 Å². The van der Waals surface area contributed by atoms with Crippen molar-refractivity contribution in [1.82, 2.24) is 10.3 Å². The van der Waals surface area contributed by atoms with Crippen LogP contribution in [-0.4, -0.2) is 4.98 Å². The summed E-state index contributed by atoms with van der Waals surface area (Å²) in [5, 5.41) is 7.10. The van der Waals surface area contributed by atoms with Gasteiger partial charge in [0.2, 0.25) is 0 Å². The van der Waals surface area contributed by atoms with Crippen LogP contribution in [0.1, 0.15) is 61.5 Å². The zero-order valence-corrected chi connectivity index (χ0v) is 14.0. The summed E-state index contributed by atoms with van der Waals surface area (Å²) < 4.78 is 0. The van der Waals surface area contributed by atoms with Gasteiger partial charge in [-0.1, -0.05) is 45.0 Å². The number of hydrogen-bond acceptors (Lipinski definition) is 3. The van der Waals surface area contributed by atoms with E-state index in [-0.39, 0.29) is 5.41 Å². The molecule has 1 heterocycles. The minimum atomic E-state index is 0.145. The van der Waals surface area contributed by atoms with Gasteiger partial charge in [-0.15, -0.1) is 11.3 Å². The van der Waals surface area contributed by atoms with E-state index in [1.54, 1.807) is 11.3 Å². The third kappa shape index (κ3) is 3.35. The Kier molecular flexibility index (Phi) is 4.14. The van der Waals surface area contributed by atoms with Crippen molar-refractivity contribution < 1.29 is 0 Å². The summed E-state index contributed by atoms with van der Waals surface area (Å²) in [6, 6.07) is 9.33. The molecule has 0 fully saturated rings. The lowest BCUT2D eigenvalue weighted by Crippen LogP contribution is -2.24. The maximum atomic E-state index is 4.78. The van der Waals surface area contributed by atoms with Crippen LogP contribution in [0.3, 0.4) is 0 Å². The van der Waals surface area contributed by atoms with E-state index < -0.39 is 0 Å². The van der Waals surface area contributed by atoms with Crippen LogP contribution in [0.4, 0.5) is 0 Å². The Morgan fingerprint density at radius 3 is 2.86 bits per heavy atom. The highest BCUT2D eigenvalue weighted by Crippen LogP contribution is 2.30. The lowest BCUT2D eigenvalue weighted by atomic mass is 9.88. The summed E-state index contributed by atoms with van der Waals surface area (Å²) in [5.41, 5.74) is 4.34. The van der Waals surface area contributed by atoms with Crippen molar-refractivity contribution >= 4 is 11.3 Å². The van der Waals surface area contributed by atoms with Crippen molar-refractivity contribution in [3.05, 3.63) is 51.5 Å². The largest absolute Gasteiger partial charge is 0.304 e. The van der Waals surface area contributed by atoms with Crippen molar-refractivity contribution in [3.63, 3.8) is 0 Å². The molecule has 0 amide bonds. The van der Waals surface area contributed by atoms with Crippen LogP contribution >= 0.6 is 11.3 Å². The van der Waals surface area contributed by atoms with Gasteiger partial charge in [-0.25, -0.2) is 4.98 Å². The molecule has 1 aliphatic carbocycles. The van der Waals surface area contributed by atoms with Gasteiger partial charge in [0.25, 0.3) is 0 Å². The standard InChI is InChI=1S/C18H24N2S/c1-18(2,3)16-12-21-17(20-16)11-19-15-10-6-8-13-7-4-5-9-14(13)15/h4-5,7,9,12,15,19H,6,8,10-11H2,1-3H3. The highest BCUT2D eigenvalue weighted by molar-refractivity contribution is 7.09. The fourth-order valence-electron chi connectivity index (χ4n) is 2.91. The molecule has 0 aliphatic heterocycles. The second-order valence-electron chi connectivity index (χ2n) is 6.90. The first-order chi connectivity index (χ1) is 10.0. The van der Waals surface area contributed by atoms with Gasteiger partial charge in [-0.3, -0.25) is 0 Å². The molecule has 21 heavy (non-hydrogen) atoms. The van der Waals surface area contributed by atoms with E-state index in [1.165, 1.54) is 41.1 Å². The first-order valence-electron chi connectivity index (χ1n) is 7.80. The molecule has 1 aliphatic rings. The number of benzene rings is 1. The Balaban J connectivity index is 1.68. The van der Waals surface area contributed by atoms with E-state index in [1.807, 2.05) is 0 Å². The minimum absolute atomic E-state index is 0.145. The van der Waals surface area contributed by atoms with Crippen molar-refractivity contribution in [2.24, 2.45) is 0 Å². The van der Waals surface area contributed by atoms with E-state index >= 15 is 0 Å². The SMILES string of the molecule is CC(C)(C)c1csc(CNC2CCCc3ccccc32)n1. The molecule has 0 bridgehead atoms. The van der Waals surface area contributed by atoms with Gasteiger partial charge in [0.05, 0.1) is 5.69 Å². The average molecular weight is 300 g/mol. The van der Waals surface area contributed by atoms with E-state index in [2.05, 4.69) is 55.7 Å². The molecule has 3 heteroatoms. The van der Waals surface area contributed by atoms with E-state index in [0.717, 1.165) is 6.54 Å². The zero-order valence-electron chi connectivity index (χ0n) is 13.1. The third-order valence-electron chi connectivity index (χ3n) is 4.19. The van der Waals surface area contributed by atoms with Gasteiger partial charge >= 0.3 is 0 Å². The predicted octanol–water partition coefficient (Wildman–Crippen LogP) is 4.61. The molecule has 2 aromatic rings. The fraction of sp³-hybridized carbons (Fsp3) is 0.500. The lowest BCUT2D eigenvalue weighted by Gasteiger charge is -2.26. The molecule has 2 nitrogen and oxygen atoms in total. The van der Waals surface area contributed by atoms with Gasteiger partial charge in [0.15, 0.2) is 0 Å². The van der Waals surface area contributed by atoms with E-state index in [4.69, 9.17) is 4.98 Å². The smallest absolute Gasteiger partial charge is 0.107 e.